The van der Waals surface area contributed by atoms with Gasteiger partial charge < -0.3 is 29.5 Å². The van der Waals surface area contributed by atoms with Crippen LogP contribution in [0.3, 0.4) is 0 Å². The van der Waals surface area contributed by atoms with E-state index in [9.17, 15) is 29.7 Å². The second-order valence-electron chi connectivity index (χ2n) is 8.18. The largest absolute Gasteiger partial charge is 0.453 e. The molecular formula is C27H24O9. The Balaban J connectivity index is 1.61. The predicted octanol–water partition coefficient (Wildman–Crippen LogP) is 1.76. The zero-order valence-electron chi connectivity index (χ0n) is 18.9. The van der Waals surface area contributed by atoms with E-state index in [1.165, 1.54) is 36.4 Å². The van der Waals surface area contributed by atoms with E-state index in [0.29, 0.717) is 0 Å². The molecule has 0 amide bonds. The Morgan fingerprint density at radius 1 is 0.444 bits per heavy atom. The smallest absolute Gasteiger partial charge is 0.338 e. The van der Waals surface area contributed by atoms with Crippen molar-refractivity contribution >= 4 is 17.9 Å². The summed E-state index contributed by atoms with van der Waals surface area (Å²) >= 11 is 0. The van der Waals surface area contributed by atoms with Crippen LogP contribution in [0.1, 0.15) is 31.1 Å². The van der Waals surface area contributed by atoms with Crippen LogP contribution in [0.15, 0.2) is 91.0 Å². The number of aliphatic hydroxyl groups excluding tert-OH is 3. The molecule has 186 valence electrons. The van der Waals surface area contributed by atoms with E-state index in [-0.39, 0.29) is 16.7 Å². The number of carbonyl (C=O) groups is 3. The van der Waals surface area contributed by atoms with Crippen LogP contribution in [0, 0.1) is 0 Å². The fraction of sp³-hybridized carbons (Fsp3) is 0.222. The summed E-state index contributed by atoms with van der Waals surface area (Å²) in [6.07, 6.45) is -10.6. The third-order valence-corrected chi connectivity index (χ3v) is 5.78. The molecule has 9 nitrogen and oxygen atoms in total. The first-order chi connectivity index (χ1) is 17.4. The van der Waals surface area contributed by atoms with Gasteiger partial charge in [0.15, 0.2) is 18.3 Å². The van der Waals surface area contributed by atoms with E-state index < -0.39 is 54.5 Å². The minimum absolute atomic E-state index is 0.135. The van der Waals surface area contributed by atoms with Gasteiger partial charge in [-0.25, -0.2) is 14.4 Å². The van der Waals surface area contributed by atoms with Crippen LogP contribution >= 0.6 is 0 Å². The molecule has 0 heterocycles. The second kappa shape index (κ2) is 11.1. The van der Waals surface area contributed by atoms with Crippen molar-refractivity contribution in [2.24, 2.45) is 0 Å². The number of ether oxygens (including phenoxy) is 3. The first kappa shape index (κ1) is 25.1. The van der Waals surface area contributed by atoms with Gasteiger partial charge in [0.05, 0.1) is 16.7 Å². The van der Waals surface area contributed by atoms with Crippen LogP contribution in [0.5, 0.6) is 0 Å². The number of hydrogen-bond acceptors (Lipinski definition) is 9. The first-order valence-corrected chi connectivity index (χ1v) is 11.2. The van der Waals surface area contributed by atoms with Crippen molar-refractivity contribution in [3.05, 3.63) is 108 Å². The van der Waals surface area contributed by atoms with Gasteiger partial charge in [0.25, 0.3) is 0 Å². The normalized spacial score (nSPS) is 25.4. The molecule has 0 aromatic heterocycles. The van der Waals surface area contributed by atoms with Gasteiger partial charge in [0.2, 0.25) is 0 Å². The molecule has 1 fully saturated rings. The molecule has 0 spiro atoms. The molecule has 36 heavy (non-hydrogen) atoms. The van der Waals surface area contributed by atoms with Gasteiger partial charge in [-0.05, 0) is 36.4 Å². The second-order valence-corrected chi connectivity index (χ2v) is 8.18. The molecule has 1 aliphatic carbocycles. The molecule has 4 rings (SSSR count). The lowest BCUT2D eigenvalue weighted by atomic mass is 9.84. The summed E-state index contributed by atoms with van der Waals surface area (Å²) in [6, 6.07) is 23.5. The Hall–Kier alpha value is -4.05. The molecular weight excluding hydrogens is 468 g/mol. The average molecular weight is 492 g/mol. The van der Waals surface area contributed by atoms with Gasteiger partial charge in [-0.15, -0.1) is 0 Å². The highest BCUT2D eigenvalue weighted by molar-refractivity contribution is 5.91. The van der Waals surface area contributed by atoms with Crippen LogP contribution in [-0.2, 0) is 14.2 Å². The van der Waals surface area contributed by atoms with E-state index in [2.05, 4.69) is 0 Å². The average Bonchev–Trinajstić information content (AvgIpc) is 2.92. The van der Waals surface area contributed by atoms with Gasteiger partial charge in [-0.1, -0.05) is 54.6 Å². The topological polar surface area (TPSA) is 140 Å². The Labute approximate surface area is 206 Å². The highest BCUT2D eigenvalue weighted by atomic mass is 16.6. The quantitative estimate of drug-likeness (QED) is 0.347. The van der Waals surface area contributed by atoms with Crippen molar-refractivity contribution in [3.8, 4) is 0 Å². The van der Waals surface area contributed by atoms with Gasteiger partial charge in [-0.3, -0.25) is 0 Å². The van der Waals surface area contributed by atoms with E-state index in [0.717, 1.165) is 0 Å². The van der Waals surface area contributed by atoms with Gasteiger partial charge in [-0.2, -0.15) is 0 Å². The summed E-state index contributed by atoms with van der Waals surface area (Å²) in [4.78, 5) is 38.1. The van der Waals surface area contributed by atoms with Crippen LogP contribution in [0.4, 0.5) is 0 Å². The Bertz CT molecular complexity index is 1180. The molecule has 9 heteroatoms. The van der Waals surface area contributed by atoms with Crippen LogP contribution in [0.25, 0.3) is 0 Å². The predicted molar refractivity (Wildman–Crippen MR) is 125 cm³/mol. The maximum atomic E-state index is 12.8. The van der Waals surface area contributed by atoms with Crippen LogP contribution in [0.2, 0.25) is 0 Å². The summed E-state index contributed by atoms with van der Waals surface area (Å²) in [5.74, 6) is -2.63. The summed E-state index contributed by atoms with van der Waals surface area (Å²) < 4.78 is 16.1. The number of carbonyl (C=O) groups excluding carboxylic acids is 3. The number of benzene rings is 3. The lowest BCUT2D eigenvalue weighted by Gasteiger charge is -2.43. The summed E-state index contributed by atoms with van der Waals surface area (Å²) in [7, 11) is 0. The molecule has 6 atom stereocenters. The molecule has 1 saturated carbocycles. The summed E-state index contributed by atoms with van der Waals surface area (Å²) in [5.41, 5.74) is 0.414. The van der Waals surface area contributed by atoms with E-state index in [4.69, 9.17) is 14.2 Å². The minimum Gasteiger partial charge on any atom is -0.453 e. The SMILES string of the molecule is O=C(O[C@@H]1[C@@H](O)[C@H](O)[C@@H](OC(=O)c2ccccc2)[C@@H](OC(=O)c2ccccc2)[C@H]1O)c1ccccc1. The third kappa shape index (κ3) is 5.44. The zero-order valence-corrected chi connectivity index (χ0v) is 18.9. The number of esters is 3. The summed E-state index contributed by atoms with van der Waals surface area (Å²) in [6.45, 7) is 0. The standard InChI is InChI=1S/C27H24O9/c28-19-20(29)23(35-26(32)17-12-6-2-7-13-17)24(36-27(33)18-14-8-3-9-15-18)21(30)22(19)34-25(31)16-10-4-1-5-11-16/h1-15,19-24,28-30H/t19-,20-,21-,22+,23+,24-/m0/s1. The molecule has 3 aromatic carbocycles. The van der Waals surface area contributed by atoms with Crippen molar-refractivity contribution in [2.75, 3.05) is 0 Å². The molecule has 3 N–H and O–H groups in total. The Kier molecular flexibility index (Phi) is 7.74. The van der Waals surface area contributed by atoms with E-state index in [1.54, 1.807) is 54.6 Å². The van der Waals surface area contributed by atoms with Crippen LogP contribution in [-0.4, -0.2) is 69.9 Å². The highest BCUT2D eigenvalue weighted by Crippen LogP contribution is 2.30. The van der Waals surface area contributed by atoms with Crippen molar-refractivity contribution in [1.82, 2.24) is 0 Å². The van der Waals surface area contributed by atoms with Crippen molar-refractivity contribution in [1.29, 1.82) is 0 Å². The van der Waals surface area contributed by atoms with Gasteiger partial charge in [0, 0.05) is 0 Å². The number of aliphatic hydroxyl groups is 3. The minimum atomic E-state index is -1.86. The molecule has 0 radical (unpaired) electrons. The number of hydrogen-bond donors (Lipinski definition) is 3. The Morgan fingerprint density at radius 3 is 1.08 bits per heavy atom. The molecule has 3 aromatic rings. The molecule has 0 unspecified atom stereocenters. The monoisotopic (exact) mass is 492 g/mol. The molecule has 0 saturated heterocycles. The molecule has 0 aliphatic heterocycles. The van der Waals surface area contributed by atoms with E-state index in [1.807, 2.05) is 0 Å². The van der Waals surface area contributed by atoms with Gasteiger partial charge >= 0.3 is 17.9 Å². The molecule has 0 bridgehead atoms. The Morgan fingerprint density at radius 2 is 0.722 bits per heavy atom. The zero-order chi connectivity index (χ0) is 25.7. The van der Waals surface area contributed by atoms with Crippen LogP contribution < -0.4 is 0 Å². The van der Waals surface area contributed by atoms with Crippen molar-refractivity contribution in [3.63, 3.8) is 0 Å². The lowest BCUT2D eigenvalue weighted by Crippen LogP contribution is -2.66. The van der Waals surface area contributed by atoms with Crippen molar-refractivity contribution in [2.45, 2.75) is 36.6 Å². The fourth-order valence-corrected chi connectivity index (χ4v) is 3.88. The van der Waals surface area contributed by atoms with Gasteiger partial charge in [0.1, 0.15) is 18.3 Å². The maximum Gasteiger partial charge on any atom is 0.338 e. The third-order valence-electron chi connectivity index (χ3n) is 5.78. The van der Waals surface area contributed by atoms with E-state index >= 15 is 0 Å². The highest BCUT2D eigenvalue weighted by Gasteiger charge is 2.55. The fourth-order valence-electron chi connectivity index (χ4n) is 3.88. The van der Waals surface area contributed by atoms with Crippen molar-refractivity contribution < 1.29 is 43.9 Å². The lowest BCUT2D eigenvalue weighted by molar-refractivity contribution is -0.223. The maximum absolute atomic E-state index is 12.8. The number of rotatable bonds is 6. The first-order valence-electron chi connectivity index (χ1n) is 11.2. The molecule has 1 aliphatic rings. The summed E-state index contributed by atoms with van der Waals surface area (Å²) in [5, 5.41) is 32.6.